The van der Waals surface area contributed by atoms with Gasteiger partial charge >= 0.3 is 6.18 Å². The third-order valence-corrected chi connectivity index (χ3v) is 5.14. The van der Waals surface area contributed by atoms with Crippen LogP contribution >= 0.6 is 11.8 Å². The zero-order chi connectivity index (χ0) is 16.1. The topological polar surface area (TPSA) is 49.8 Å². The highest BCUT2D eigenvalue weighted by atomic mass is 32.2. The van der Waals surface area contributed by atoms with Crippen LogP contribution in [-0.2, 0) is 6.18 Å². The predicted octanol–water partition coefficient (Wildman–Crippen LogP) is 3.87. The number of alkyl halides is 3. The fraction of sp³-hybridized carbons (Fsp3) is 0.692. The van der Waals surface area contributed by atoms with Crippen LogP contribution < -0.4 is 10.6 Å². The van der Waals surface area contributed by atoms with Crippen molar-refractivity contribution in [3.63, 3.8) is 0 Å². The average Bonchev–Trinajstić information content (AvgIpc) is 2.48. The Labute approximate surface area is 127 Å². The number of nitrogens with one attached hydrogen (secondary N) is 2. The molecule has 8 heteroatoms. The van der Waals surface area contributed by atoms with Gasteiger partial charge in [-0.15, -0.1) is 0 Å². The molecule has 0 amide bonds. The smallest absolute Gasteiger partial charge is 0.368 e. The lowest BCUT2D eigenvalue weighted by Crippen LogP contribution is -2.32. The van der Waals surface area contributed by atoms with Gasteiger partial charge < -0.3 is 10.6 Å². The minimum atomic E-state index is -4.49. The van der Waals surface area contributed by atoms with Gasteiger partial charge in [0.1, 0.15) is 5.82 Å². The second-order valence-corrected chi connectivity index (χ2v) is 5.93. The molecule has 120 valence electrons. The molecule has 2 N–H and O–H groups in total. The van der Waals surface area contributed by atoms with Crippen LogP contribution in [-0.4, -0.2) is 34.6 Å². The van der Waals surface area contributed by atoms with Gasteiger partial charge in [-0.05, 0) is 19.1 Å². The van der Waals surface area contributed by atoms with E-state index in [1.807, 2.05) is 6.26 Å². The van der Waals surface area contributed by atoms with E-state index in [9.17, 15) is 13.2 Å². The molecule has 0 saturated heterocycles. The Morgan fingerprint density at radius 1 is 1.19 bits per heavy atom. The molecule has 0 unspecified atom stereocenters. The number of aromatic nitrogens is 2. The van der Waals surface area contributed by atoms with Gasteiger partial charge in [0, 0.05) is 24.4 Å². The Hall–Kier alpha value is -1.18. The van der Waals surface area contributed by atoms with Crippen molar-refractivity contribution in [1.82, 2.24) is 9.97 Å². The summed E-state index contributed by atoms with van der Waals surface area (Å²) in [6.45, 7) is 4.70. The number of thioether (sulfide) groups is 1. The van der Waals surface area contributed by atoms with Crippen LogP contribution in [0.5, 0.6) is 0 Å². The molecule has 0 aliphatic rings. The van der Waals surface area contributed by atoms with Crippen LogP contribution in [0, 0.1) is 0 Å². The number of hydrogen-bond donors (Lipinski definition) is 2. The molecular formula is C13H21F3N4S. The lowest BCUT2D eigenvalue weighted by atomic mass is 10.0. The summed E-state index contributed by atoms with van der Waals surface area (Å²) < 4.78 is 38.4. The van der Waals surface area contributed by atoms with E-state index in [0.29, 0.717) is 6.54 Å². The zero-order valence-electron chi connectivity index (χ0n) is 12.6. The second kappa shape index (κ2) is 7.20. The average molecular weight is 322 g/mol. The normalized spacial score (nSPS) is 12.3. The number of nitrogens with zero attached hydrogens (tertiary/aromatic N) is 2. The molecule has 4 nitrogen and oxygen atoms in total. The lowest BCUT2D eigenvalue weighted by Gasteiger charge is -2.30. The Kier molecular flexibility index (Phi) is 6.12. The molecule has 0 radical (unpaired) electrons. The Morgan fingerprint density at radius 2 is 1.81 bits per heavy atom. The number of halogens is 3. The molecule has 1 aromatic heterocycles. The van der Waals surface area contributed by atoms with Gasteiger partial charge in [0.25, 0.3) is 0 Å². The SMILES string of the molecule is CCC(CC)(CNc1cc(C(F)(F)F)nc(NC)n1)SC. The fourth-order valence-electron chi connectivity index (χ4n) is 1.91. The molecule has 0 aliphatic carbocycles. The summed E-state index contributed by atoms with van der Waals surface area (Å²) in [6, 6.07) is 0.942. The first-order valence-electron chi connectivity index (χ1n) is 6.73. The third-order valence-electron chi connectivity index (χ3n) is 3.55. The first-order valence-corrected chi connectivity index (χ1v) is 7.95. The minimum absolute atomic E-state index is 0.0108. The van der Waals surface area contributed by atoms with Crippen molar-refractivity contribution in [2.24, 2.45) is 0 Å². The van der Waals surface area contributed by atoms with Crippen LogP contribution in [0.25, 0.3) is 0 Å². The fourth-order valence-corrected chi connectivity index (χ4v) is 2.70. The molecule has 0 aliphatic heterocycles. The van der Waals surface area contributed by atoms with E-state index < -0.39 is 11.9 Å². The van der Waals surface area contributed by atoms with Gasteiger partial charge in [0.05, 0.1) is 0 Å². The Bertz CT molecular complexity index is 453. The van der Waals surface area contributed by atoms with Crippen LogP contribution in [0.15, 0.2) is 6.07 Å². The summed E-state index contributed by atoms with van der Waals surface area (Å²) in [5.74, 6) is 0.136. The molecule has 21 heavy (non-hydrogen) atoms. The summed E-state index contributed by atoms with van der Waals surface area (Å²) in [5.41, 5.74) is -0.952. The Balaban J connectivity index is 2.98. The van der Waals surface area contributed by atoms with Crippen molar-refractivity contribution in [3.05, 3.63) is 11.8 Å². The van der Waals surface area contributed by atoms with Crippen LogP contribution in [0.3, 0.4) is 0 Å². The van der Waals surface area contributed by atoms with E-state index in [0.717, 1.165) is 18.9 Å². The van der Waals surface area contributed by atoms with Gasteiger partial charge in [-0.2, -0.15) is 29.9 Å². The predicted molar refractivity (Wildman–Crippen MR) is 81.9 cm³/mol. The van der Waals surface area contributed by atoms with Crippen LogP contribution in [0.2, 0.25) is 0 Å². The van der Waals surface area contributed by atoms with E-state index in [1.165, 1.54) is 7.05 Å². The number of hydrogen-bond acceptors (Lipinski definition) is 5. The summed E-state index contributed by atoms with van der Waals surface area (Å²) in [7, 11) is 1.49. The third kappa shape index (κ3) is 4.66. The van der Waals surface area contributed by atoms with E-state index >= 15 is 0 Å². The highest BCUT2D eigenvalue weighted by Gasteiger charge is 2.34. The van der Waals surface area contributed by atoms with Crippen molar-refractivity contribution in [3.8, 4) is 0 Å². The van der Waals surface area contributed by atoms with Gasteiger partial charge in [-0.1, -0.05) is 13.8 Å². The van der Waals surface area contributed by atoms with E-state index in [2.05, 4.69) is 34.4 Å². The van der Waals surface area contributed by atoms with Crippen LogP contribution in [0.4, 0.5) is 24.9 Å². The van der Waals surface area contributed by atoms with Gasteiger partial charge in [-0.25, -0.2) is 4.98 Å². The molecule has 0 bridgehead atoms. The largest absolute Gasteiger partial charge is 0.433 e. The summed E-state index contributed by atoms with van der Waals surface area (Å²) in [4.78, 5) is 7.46. The highest BCUT2D eigenvalue weighted by molar-refractivity contribution is 8.00. The van der Waals surface area contributed by atoms with Crippen molar-refractivity contribution in [2.75, 3.05) is 30.5 Å². The maximum Gasteiger partial charge on any atom is 0.433 e. The second-order valence-electron chi connectivity index (χ2n) is 4.66. The summed E-state index contributed by atoms with van der Waals surface area (Å²) >= 11 is 1.71. The lowest BCUT2D eigenvalue weighted by molar-refractivity contribution is -0.141. The van der Waals surface area contributed by atoms with E-state index in [4.69, 9.17) is 0 Å². The van der Waals surface area contributed by atoms with Gasteiger partial charge in [0.15, 0.2) is 5.69 Å². The first kappa shape index (κ1) is 17.9. The van der Waals surface area contributed by atoms with Crippen molar-refractivity contribution in [1.29, 1.82) is 0 Å². The first-order chi connectivity index (χ1) is 9.80. The molecule has 0 fully saturated rings. The molecule has 1 heterocycles. The Morgan fingerprint density at radius 3 is 2.24 bits per heavy atom. The van der Waals surface area contributed by atoms with Gasteiger partial charge in [0.2, 0.25) is 5.95 Å². The number of anilines is 2. The zero-order valence-corrected chi connectivity index (χ0v) is 13.5. The van der Waals surface area contributed by atoms with E-state index in [-0.39, 0.29) is 16.5 Å². The highest BCUT2D eigenvalue weighted by Crippen LogP contribution is 2.32. The number of rotatable bonds is 7. The molecule has 1 rings (SSSR count). The van der Waals surface area contributed by atoms with Gasteiger partial charge in [-0.3, -0.25) is 0 Å². The molecule has 0 saturated carbocycles. The van der Waals surface area contributed by atoms with Crippen LogP contribution in [0.1, 0.15) is 32.4 Å². The summed E-state index contributed by atoms with van der Waals surface area (Å²) in [6.07, 6.45) is -0.632. The monoisotopic (exact) mass is 322 g/mol. The molecule has 1 aromatic rings. The van der Waals surface area contributed by atoms with E-state index in [1.54, 1.807) is 11.8 Å². The maximum atomic E-state index is 12.8. The summed E-state index contributed by atoms with van der Waals surface area (Å²) in [5, 5.41) is 5.57. The standard InChI is InChI=1S/C13H21F3N4S/c1-5-12(6-2,21-4)8-18-10-7-9(13(14,15)16)19-11(17-3)20-10/h7H,5-6,8H2,1-4H3,(H2,17,18,19,20). The van der Waals surface area contributed by atoms with Crippen molar-refractivity contribution < 1.29 is 13.2 Å². The quantitative estimate of drug-likeness (QED) is 0.798. The molecule has 0 spiro atoms. The molecule has 0 aromatic carbocycles. The van der Waals surface area contributed by atoms with Crippen molar-refractivity contribution >= 4 is 23.5 Å². The minimum Gasteiger partial charge on any atom is -0.368 e. The molecule has 0 atom stereocenters. The maximum absolute atomic E-state index is 12.8. The van der Waals surface area contributed by atoms with Crippen molar-refractivity contribution in [2.45, 2.75) is 37.6 Å². The molecular weight excluding hydrogens is 301 g/mol.